The lowest BCUT2D eigenvalue weighted by atomic mass is 10.1. The van der Waals surface area contributed by atoms with Crippen molar-refractivity contribution < 1.29 is 0 Å². The number of hydrogen-bond donors (Lipinski definition) is 2. The van der Waals surface area contributed by atoms with E-state index in [4.69, 9.17) is 5.73 Å². The molecule has 3 N–H and O–H groups in total. The lowest BCUT2D eigenvalue weighted by Gasteiger charge is -2.12. The topological polar surface area (TPSA) is 54.2 Å². The summed E-state index contributed by atoms with van der Waals surface area (Å²) < 4.78 is 0.966. The molecule has 0 amide bonds. The zero-order chi connectivity index (χ0) is 13.8. The molecule has 0 aliphatic rings. The van der Waals surface area contributed by atoms with Gasteiger partial charge < -0.3 is 16.0 Å². The molecular formula is C14H19BrN4. The Morgan fingerprint density at radius 1 is 1.32 bits per heavy atom. The summed E-state index contributed by atoms with van der Waals surface area (Å²) in [6.45, 7) is 1.97. The highest BCUT2D eigenvalue weighted by Crippen LogP contribution is 2.29. The van der Waals surface area contributed by atoms with Gasteiger partial charge in [-0.25, -0.2) is 4.98 Å². The van der Waals surface area contributed by atoms with Crippen LogP contribution in [0, 0.1) is 0 Å². The van der Waals surface area contributed by atoms with Gasteiger partial charge in [-0.15, -0.1) is 0 Å². The molecule has 2 rings (SSSR count). The molecule has 0 saturated heterocycles. The molecule has 2 aromatic rings. The summed E-state index contributed by atoms with van der Waals surface area (Å²) >= 11 is 3.51. The number of aromatic nitrogens is 1. The highest BCUT2D eigenvalue weighted by atomic mass is 79.9. The molecule has 4 nitrogen and oxygen atoms in total. The molecule has 1 aromatic heterocycles. The van der Waals surface area contributed by atoms with Crippen molar-refractivity contribution in [1.82, 2.24) is 9.88 Å². The van der Waals surface area contributed by atoms with E-state index in [2.05, 4.69) is 45.2 Å². The van der Waals surface area contributed by atoms with Crippen LogP contribution in [0.1, 0.15) is 6.42 Å². The second kappa shape index (κ2) is 6.21. The molecule has 0 atom stereocenters. The fraction of sp³-hybridized carbons (Fsp3) is 0.357. The predicted molar refractivity (Wildman–Crippen MR) is 85.5 cm³/mol. The van der Waals surface area contributed by atoms with Crippen molar-refractivity contribution in [1.29, 1.82) is 0 Å². The Labute approximate surface area is 122 Å². The monoisotopic (exact) mass is 322 g/mol. The van der Waals surface area contributed by atoms with Gasteiger partial charge in [-0.1, -0.05) is 0 Å². The van der Waals surface area contributed by atoms with Gasteiger partial charge >= 0.3 is 0 Å². The lowest BCUT2D eigenvalue weighted by Crippen LogP contribution is -2.16. The van der Waals surface area contributed by atoms with E-state index in [9.17, 15) is 0 Å². The minimum absolute atomic E-state index is 0.762. The molecule has 19 heavy (non-hydrogen) atoms. The normalized spacial score (nSPS) is 11.2. The number of nitrogens with two attached hydrogens (primary N) is 1. The van der Waals surface area contributed by atoms with Crippen LogP contribution in [0.4, 0.5) is 11.5 Å². The third-order valence-electron chi connectivity index (χ3n) is 2.94. The van der Waals surface area contributed by atoms with Gasteiger partial charge in [-0.3, -0.25) is 0 Å². The van der Waals surface area contributed by atoms with E-state index in [1.54, 1.807) is 0 Å². The highest BCUT2D eigenvalue weighted by Gasteiger charge is 2.06. The van der Waals surface area contributed by atoms with Gasteiger partial charge in [0.25, 0.3) is 0 Å². The van der Waals surface area contributed by atoms with E-state index < -0.39 is 0 Å². The quantitative estimate of drug-likeness (QED) is 0.656. The first-order valence-electron chi connectivity index (χ1n) is 6.30. The van der Waals surface area contributed by atoms with Crippen molar-refractivity contribution in [2.75, 3.05) is 38.2 Å². The van der Waals surface area contributed by atoms with Gasteiger partial charge in [0.2, 0.25) is 0 Å². The van der Waals surface area contributed by atoms with E-state index >= 15 is 0 Å². The maximum atomic E-state index is 5.83. The number of nitrogen functional groups attached to an aromatic ring is 1. The Morgan fingerprint density at radius 2 is 2.11 bits per heavy atom. The van der Waals surface area contributed by atoms with Crippen LogP contribution < -0.4 is 11.1 Å². The number of anilines is 2. The molecule has 0 fully saturated rings. The van der Waals surface area contributed by atoms with Crippen molar-refractivity contribution in [3.05, 3.63) is 28.9 Å². The van der Waals surface area contributed by atoms with Gasteiger partial charge in [0.15, 0.2) is 0 Å². The standard InChI is InChI=1S/C14H19BrN4/c1-19(2)7-3-6-17-14-11-5-4-10(16)8-12(11)13(15)9-18-14/h4-5,8-9H,3,6-7,16H2,1-2H3,(H,17,18). The van der Waals surface area contributed by atoms with E-state index in [0.29, 0.717) is 0 Å². The third-order valence-corrected chi connectivity index (χ3v) is 3.57. The molecule has 0 saturated carbocycles. The summed E-state index contributed by atoms with van der Waals surface area (Å²) in [5, 5.41) is 5.57. The first-order chi connectivity index (χ1) is 9.08. The highest BCUT2D eigenvalue weighted by molar-refractivity contribution is 9.10. The molecular weight excluding hydrogens is 304 g/mol. The second-order valence-corrected chi connectivity index (χ2v) is 5.70. The zero-order valence-electron chi connectivity index (χ0n) is 11.3. The van der Waals surface area contributed by atoms with Crippen LogP contribution in [-0.2, 0) is 0 Å². The maximum absolute atomic E-state index is 5.83. The summed E-state index contributed by atoms with van der Waals surface area (Å²) in [7, 11) is 4.16. The first kappa shape index (κ1) is 14.1. The minimum atomic E-state index is 0.762. The number of benzene rings is 1. The van der Waals surface area contributed by atoms with Crippen molar-refractivity contribution >= 4 is 38.2 Å². The Kier molecular flexibility index (Phi) is 4.61. The minimum Gasteiger partial charge on any atom is -0.399 e. The average molecular weight is 323 g/mol. The lowest BCUT2D eigenvalue weighted by molar-refractivity contribution is 0.405. The summed E-state index contributed by atoms with van der Waals surface area (Å²) in [4.78, 5) is 6.62. The van der Waals surface area contributed by atoms with Gasteiger partial charge in [-0.05, 0) is 61.2 Å². The third kappa shape index (κ3) is 3.58. The molecule has 0 spiro atoms. The smallest absolute Gasteiger partial charge is 0.133 e. The van der Waals surface area contributed by atoms with E-state index in [0.717, 1.165) is 46.3 Å². The van der Waals surface area contributed by atoms with Crippen LogP contribution in [-0.4, -0.2) is 37.1 Å². The van der Waals surface area contributed by atoms with Crippen molar-refractivity contribution in [3.63, 3.8) is 0 Å². The predicted octanol–water partition coefficient (Wildman–Crippen LogP) is 2.94. The molecule has 5 heteroatoms. The first-order valence-corrected chi connectivity index (χ1v) is 7.09. The summed E-state index contributed by atoms with van der Waals surface area (Å²) in [6, 6.07) is 5.88. The molecule has 1 heterocycles. The van der Waals surface area contributed by atoms with Crippen LogP contribution in [0.2, 0.25) is 0 Å². The summed E-state index contributed by atoms with van der Waals surface area (Å²) in [5.41, 5.74) is 6.59. The molecule has 1 aromatic carbocycles. The fourth-order valence-corrected chi connectivity index (χ4v) is 2.40. The molecule has 0 unspecified atom stereocenters. The molecule has 0 bridgehead atoms. The average Bonchev–Trinajstić information content (AvgIpc) is 2.37. The van der Waals surface area contributed by atoms with E-state index in [1.165, 1.54) is 0 Å². The van der Waals surface area contributed by atoms with Crippen molar-refractivity contribution in [2.45, 2.75) is 6.42 Å². The van der Waals surface area contributed by atoms with Gasteiger partial charge in [0, 0.05) is 33.7 Å². The summed E-state index contributed by atoms with van der Waals surface area (Å²) in [6.07, 6.45) is 2.90. The number of halogens is 1. The Morgan fingerprint density at radius 3 is 2.84 bits per heavy atom. The molecule has 102 valence electrons. The SMILES string of the molecule is CN(C)CCCNc1ncc(Br)c2cc(N)ccc12. The van der Waals surface area contributed by atoms with E-state index in [-0.39, 0.29) is 0 Å². The van der Waals surface area contributed by atoms with Gasteiger partial charge in [0.1, 0.15) is 5.82 Å². The summed E-state index contributed by atoms with van der Waals surface area (Å²) in [5.74, 6) is 0.914. The van der Waals surface area contributed by atoms with Gasteiger partial charge in [-0.2, -0.15) is 0 Å². The number of pyridine rings is 1. The zero-order valence-corrected chi connectivity index (χ0v) is 12.9. The largest absolute Gasteiger partial charge is 0.399 e. The van der Waals surface area contributed by atoms with Crippen LogP contribution in [0.15, 0.2) is 28.9 Å². The van der Waals surface area contributed by atoms with Crippen molar-refractivity contribution in [2.24, 2.45) is 0 Å². The second-order valence-electron chi connectivity index (χ2n) is 4.84. The Balaban J connectivity index is 2.17. The molecule has 0 radical (unpaired) electrons. The van der Waals surface area contributed by atoms with E-state index in [1.807, 2.05) is 24.4 Å². The van der Waals surface area contributed by atoms with Crippen LogP contribution in [0.3, 0.4) is 0 Å². The number of nitrogens with one attached hydrogen (secondary N) is 1. The number of fused-ring (bicyclic) bond motifs is 1. The number of nitrogens with zero attached hydrogens (tertiary/aromatic N) is 2. The Bertz CT molecular complexity index is 569. The fourth-order valence-electron chi connectivity index (χ4n) is 1.97. The number of rotatable bonds is 5. The van der Waals surface area contributed by atoms with Crippen LogP contribution in [0.25, 0.3) is 10.8 Å². The number of hydrogen-bond acceptors (Lipinski definition) is 4. The Hall–Kier alpha value is -1.33. The van der Waals surface area contributed by atoms with Gasteiger partial charge in [0.05, 0.1) is 0 Å². The van der Waals surface area contributed by atoms with Crippen molar-refractivity contribution in [3.8, 4) is 0 Å². The van der Waals surface area contributed by atoms with Crippen LogP contribution >= 0.6 is 15.9 Å². The molecule has 0 aliphatic heterocycles. The maximum Gasteiger partial charge on any atom is 0.133 e. The van der Waals surface area contributed by atoms with Crippen LogP contribution in [0.5, 0.6) is 0 Å². The molecule has 0 aliphatic carbocycles.